The summed E-state index contributed by atoms with van der Waals surface area (Å²) in [7, 11) is 1.66. The number of aliphatic carboxylic acids is 1. The summed E-state index contributed by atoms with van der Waals surface area (Å²) < 4.78 is 7.05. The van der Waals surface area contributed by atoms with Gasteiger partial charge in [0.05, 0.1) is 16.3 Å². The molecule has 0 spiro atoms. The number of carboxylic acid groups (broad SMARTS) is 1. The second-order valence-electron chi connectivity index (χ2n) is 4.18. The summed E-state index contributed by atoms with van der Waals surface area (Å²) in [5.74, 6) is -0.887. The largest absolute Gasteiger partial charge is 0.481 e. The standard InChI is InChI=1S/C13H15ClN2O3S/c1-19-7-3-6-16-10-5-2-4-9(14)12(10)15-13(16)20-8-11(17)18/h2,4-5H,3,6-8H2,1H3,(H,17,18). The molecule has 2 aromatic rings. The highest BCUT2D eigenvalue weighted by molar-refractivity contribution is 7.99. The van der Waals surface area contributed by atoms with E-state index in [1.165, 1.54) is 11.8 Å². The average Bonchev–Trinajstić information content (AvgIpc) is 2.77. The van der Waals surface area contributed by atoms with Gasteiger partial charge in [0.1, 0.15) is 5.52 Å². The van der Waals surface area contributed by atoms with E-state index in [1.807, 2.05) is 16.7 Å². The molecule has 0 saturated heterocycles. The Balaban J connectivity index is 2.34. The van der Waals surface area contributed by atoms with E-state index in [0.717, 1.165) is 11.9 Å². The summed E-state index contributed by atoms with van der Waals surface area (Å²) in [5.41, 5.74) is 1.63. The lowest BCUT2D eigenvalue weighted by molar-refractivity contribution is -0.133. The van der Waals surface area contributed by atoms with Gasteiger partial charge in [0, 0.05) is 20.3 Å². The number of aryl methyl sites for hydroxylation is 1. The number of nitrogens with zero attached hydrogens (tertiary/aromatic N) is 2. The van der Waals surface area contributed by atoms with Gasteiger partial charge in [-0.3, -0.25) is 4.79 Å². The van der Waals surface area contributed by atoms with E-state index in [2.05, 4.69) is 4.98 Å². The Morgan fingerprint density at radius 2 is 2.35 bits per heavy atom. The molecule has 5 nitrogen and oxygen atoms in total. The van der Waals surface area contributed by atoms with Crippen molar-refractivity contribution in [3.05, 3.63) is 23.2 Å². The minimum atomic E-state index is -0.864. The normalized spacial score (nSPS) is 11.1. The van der Waals surface area contributed by atoms with Crippen molar-refractivity contribution in [3.8, 4) is 0 Å². The molecule has 0 unspecified atom stereocenters. The SMILES string of the molecule is COCCCn1c(SCC(=O)O)nc2c(Cl)cccc21. The van der Waals surface area contributed by atoms with Gasteiger partial charge in [-0.15, -0.1) is 0 Å². The Morgan fingerprint density at radius 1 is 1.55 bits per heavy atom. The number of rotatable bonds is 7. The molecule has 1 N–H and O–H groups in total. The molecule has 1 heterocycles. The first-order chi connectivity index (χ1) is 9.63. The maximum Gasteiger partial charge on any atom is 0.313 e. The number of imidazole rings is 1. The van der Waals surface area contributed by atoms with Crippen LogP contribution in [0.2, 0.25) is 5.02 Å². The molecule has 1 aromatic heterocycles. The molecule has 1 aromatic carbocycles. The topological polar surface area (TPSA) is 64.3 Å². The van der Waals surface area contributed by atoms with E-state index in [0.29, 0.717) is 28.8 Å². The van der Waals surface area contributed by atoms with Crippen LogP contribution in [0.25, 0.3) is 11.0 Å². The number of fused-ring (bicyclic) bond motifs is 1. The average molecular weight is 315 g/mol. The highest BCUT2D eigenvalue weighted by Gasteiger charge is 2.14. The van der Waals surface area contributed by atoms with Crippen molar-refractivity contribution in [2.75, 3.05) is 19.5 Å². The van der Waals surface area contributed by atoms with Crippen LogP contribution in [-0.2, 0) is 16.1 Å². The summed E-state index contributed by atoms with van der Waals surface area (Å²) >= 11 is 7.34. The number of ether oxygens (including phenoxy) is 1. The third-order valence-electron chi connectivity index (χ3n) is 2.75. The molecule has 0 aliphatic heterocycles. The molecule has 0 atom stereocenters. The van der Waals surface area contributed by atoms with Gasteiger partial charge in [-0.25, -0.2) is 4.98 Å². The molecule has 7 heteroatoms. The predicted octanol–water partition coefficient (Wildman–Crippen LogP) is 2.90. The van der Waals surface area contributed by atoms with E-state index in [1.54, 1.807) is 13.2 Å². The van der Waals surface area contributed by atoms with Crippen molar-refractivity contribution >= 4 is 40.4 Å². The maximum absolute atomic E-state index is 10.7. The molecule has 0 bridgehead atoms. The Labute approximate surface area is 125 Å². The summed E-state index contributed by atoms with van der Waals surface area (Å²) in [4.78, 5) is 15.2. The molecule has 2 rings (SSSR count). The van der Waals surface area contributed by atoms with Crippen LogP contribution in [0, 0.1) is 0 Å². The van der Waals surface area contributed by atoms with Crippen molar-refractivity contribution < 1.29 is 14.6 Å². The minimum Gasteiger partial charge on any atom is -0.481 e. The zero-order valence-corrected chi connectivity index (χ0v) is 12.6. The second-order valence-corrected chi connectivity index (χ2v) is 5.53. The van der Waals surface area contributed by atoms with Crippen LogP contribution in [0.15, 0.2) is 23.4 Å². The molecule has 0 aliphatic rings. The molecule has 20 heavy (non-hydrogen) atoms. The first-order valence-electron chi connectivity index (χ1n) is 6.11. The van der Waals surface area contributed by atoms with Crippen LogP contribution in [0.5, 0.6) is 0 Å². The fourth-order valence-corrected chi connectivity index (χ4v) is 2.88. The van der Waals surface area contributed by atoms with Crippen LogP contribution >= 0.6 is 23.4 Å². The van der Waals surface area contributed by atoms with Crippen molar-refractivity contribution in [2.45, 2.75) is 18.1 Å². The Morgan fingerprint density at radius 3 is 3.05 bits per heavy atom. The van der Waals surface area contributed by atoms with Crippen LogP contribution < -0.4 is 0 Å². The van der Waals surface area contributed by atoms with Crippen LogP contribution in [0.4, 0.5) is 0 Å². The van der Waals surface area contributed by atoms with Crippen LogP contribution in [0.1, 0.15) is 6.42 Å². The van der Waals surface area contributed by atoms with Gasteiger partial charge < -0.3 is 14.4 Å². The number of carbonyl (C=O) groups is 1. The van der Waals surface area contributed by atoms with Gasteiger partial charge in [0.2, 0.25) is 0 Å². The zero-order chi connectivity index (χ0) is 14.5. The summed E-state index contributed by atoms with van der Waals surface area (Å²) in [5, 5.41) is 10.1. The monoisotopic (exact) mass is 314 g/mol. The minimum absolute atomic E-state index is 0.0226. The molecule has 108 valence electrons. The Kier molecular flexibility index (Phi) is 5.28. The molecule has 0 amide bonds. The van der Waals surface area contributed by atoms with Gasteiger partial charge >= 0.3 is 5.97 Å². The number of para-hydroxylation sites is 1. The van der Waals surface area contributed by atoms with Crippen molar-refractivity contribution in [1.82, 2.24) is 9.55 Å². The van der Waals surface area contributed by atoms with E-state index in [9.17, 15) is 4.79 Å². The maximum atomic E-state index is 10.7. The van der Waals surface area contributed by atoms with Crippen molar-refractivity contribution in [2.24, 2.45) is 0 Å². The first kappa shape index (κ1) is 15.2. The van der Waals surface area contributed by atoms with Gasteiger partial charge in [0.25, 0.3) is 0 Å². The molecular formula is C13H15ClN2O3S. The quantitative estimate of drug-likeness (QED) is 0.629. The Hall–Kier alpha value is -1.24. The number of benzene rings is 1. The second kappa shape index (κ2) is 6.97. The van der Waals surface area contributed by atoms with E-state index in [-0.39, 0.29) is 5.75 Å². The lowest BCUT2D eigenvalue weighted by atomic mass is 10.3. The summed E-state index contributed by atoms with van der Waals surface area (Å²) in [6.45, 7) is 1.36. The van der Waals surface area contributed by atoms with Gasteiger partial charge in [-0.05, 0) is 18.6 Å². The number of hydrogen-bond donors (Lipinski definition) is 1. The fraction of sp³-hybridized carbons (Fsp3) is 0.385. The summed E-state index contributed by atoms with van der Waals surface area (Å²) in [6, 6.07) is 5.58. The zero-order valence-electron chi connectivity index (χ0n) is 11.0. The van der Waals surface area contributed by atoms with E-state index in [4.69, 9.17) is 21.4 Å². The number of thioether (sulfide) groups is 1. The molecule has 0 aliphatic carbocycles. The van der Waals surface area contributed by atoms with Crippen LogP contribution in [-0.4, -0.2) is 40.1 Å². The number of hydrogen-bond acceptors (Lipinski definition) is 4. The lowest BCUT2D eigenvalue weighted by Crippen LogP contribution is -2.05. The molecule has 0 fully saturated rings. The van der Waals surface area contributed by atoms with Crippen LogP contribution in [0.3, 0.4) is 0 Å². The lowest BCUT2D eigenvalue weighted by Gasteiger charge is -2.07. The predicted molar refractivity (Wildman–Crippen MR) is 79.6 cm³/mol. The number of aromatic nitrogens is 2. The third-order valence-corrected chi connectivity index (χ3v) is 4.02. The van der Waals surface area contributed by atoms with Gasteiger partial charge in [0.15, 0.2) is 5.16 Å². The highest BCUT2D eigenvalue weighted by atomic mass is 35.5. The van der Waals surface area contributed by atoms with Crippen molar-refractivity contribution in [1.29, 1.82) is 0 Å². The summed E-state index contributed by atoms with van der Waals surface area (Å²) in [6.07, 6.45) is 0.828. The number of halogens is 1. The number of carboxylic acids is 1. The van der Waals surface area contributed by atoms with E-state index < -0.39 is 5.97 Å². The molecule has 0 saturated carbocycles. The molecular weight excluding hydrogens is 300 g/mol. The fourth-order valence-electron chi connectivity index (χ4n) is 1.91. The van der Waals surface area contributed by atoms with Gasteiger partial charge in [-0.2, -0.15) is 0 Å². The Bertz CT molecular complexity index is 615. The number of methoxy groups -OCH3 is 1. The van der Waals surface area contributed by atoms with E-state index >= 15 is 0 Å². The highest BCUT2D eigenvalue weighted by Crippen LogP contribution is 2.28. The third kappa shape index (κ3) is 3.45. The first-order valence-corrected chi connectivity index (χ1v) is 7.48. The smallest absolute Gasteiger partial charge is 0.313 e. The van der Waals surface area contributed by atoms with Gasteiger partial charge in [-0.1, -0.05) is 29.4 Å². The van der Waals surface area contributed by atoms with Crippen molar-refractivity contribution in [3.63, 3.8) is 0 Å². The molecule has 0 radical (unpaired) electrons.